The van der Waals surface area contributed by atoms with Crippen LogP contribution in [0.25, 0.3) is 6.08 Å². The fourth-order valence-electron chi connectivity index (χ4n) is 3.09. The van der Waals surface area contributed by atoms with Crippen LogP contribution in [-0.4, -0.2) is 57.5 Å². The van der Waals surface area contributed by atoms with Gasteiger partial charge in [0.2, 0.25) is 26.0 Å². The Hall–Kier alpha value is -2.53. The van der Waals surface area contributed by atoms with E-state index in [0.717, 1.165) is 11.0 Å². The molecule has 0 unspecified atom stereocenters. The van der Waals surface area contributed by atoms with Crippen molar-refractivity contribution in [2.45, 2.75) is 18.2 Å². The normalized spacial score (nSPS) is 16.4. The van der Waals surface area contributed by atoms with Crippen molar-refractivity contribution in [3.05, 3.63) is 65.6 Å². The first-order valence-corrected chi connectivity index (χ1v) is 12.8. The van der Waals surface area contributed by atoms with Crippen LogP contribution in [0.4, 0.5) is 5.69 Å². The van der Waals surface area contributed by atoms with Crippen molar-refractivity contribution in [3.63, 3.8) is 0 Å². The molecule has 166 valence electrons. The second-order valence-electron chi connectivity index (χ2n) is 6.99. The van der Waals surface area contributed by atoms with E-state index in [9.17, 15) is 21.6 Å². The highest BCUT2D eigenvalue weighted by Gasteiger charge is 2.32. The average Bonchev–Trinajstić information content (AvgIpc) is 2.79. The molecule has 3 rings (SSSR count). The van der Waals surface area contributed by atoms with Crippen LogP contribution < -0.4 is 5.32 Å². The second kappa shape index (κ2) is 9.73. The molecule has 1 N–H and O–H groups in total. The van der Waals surface area contributed by atoms with Gasteiger partial charge in [0.05, 0.1) is 4.90 Å². The van der Waals surface area contributed by atoms with E-state index in [1.807, 2.05) is 18.2 Å². The fourth-order valence-corrected chi connectivity index (χ4v) is 5.68. The minimum Gasteiger partial charge on any atom is -0.326 e. The molecule has 1 aliphatic rings. The van der Waals surface area contributed by atoms with Crippen LogP contribution in [0, 0.1) is 0 Å². The van der Waals surface area contributed by atoms with Crippen LogP contribution >= 0.6 is 0 Å². The summed E-state index contributed by atoms with van der Waals surface area (Å²) in [4.78, 5) is 11.6. The first-order valence-electron chi connectivity index (χ1n) is 9.86. The van der Waals surface area contributed by atoms with Crippen LogP contribution in [0.2, 0.25) is 0 Å². The maximum Gasteiger partial charge on any atom is 0.243 e. The molecule has 0 saturated carbocycles. The molecule has 31 heavy (non-hydrogen) atoms. The lowest BCUT2D eigenvalue weighted by molar-refractivity contribution is -0.115. The Balaban J connectivity index is 1.64. The van der Waals surface area contributed by atoms with Crippen molar-refractivity contribution in [1.29, 1.82) is 0 Å². The highest BCUT2D eigenvalue weighted by atomic mass is 32.2. The van der Waals surface area contributed by atoms with E-state index in [1.165, 1.54) is 39.0 Å². The Morgan fingerprint density at radius 3 is 2.06 bits per heavy atom. The Labute approximate surface area is 183 Å². The summed E-state index contributed by atoms with van der Waals surface area (Å²) < 4.78 is 53.5. The summed E-state index contributed by atoms with van der Waals surface area (Å²) in [5.41, 5.74) is 1.29. The predicted molar refractivity (Wildman–Crippen MR) is 120 cm³/mol. The number of hydrogen-bond donors (Lipinski definition) is 1. The molecule has 2 aromatic carbocycles. The zero-order chi connectivity index (χ0) is 22.5. The summed E-state index contributed by atoms with van der Waals surface area (Å²) in [5, 5.41) is 3.82. The maximum atomic E-state index is 12.9. The molecule has 1 saturated heterocycles. The maximum absolute atomic E-state index is 12.9. The Bertz CT molecular complexity index is 1140. The van der Waals surface area contributed by atoms with Gasteiger partial charge in [-0.1, -0.05) is 37.3 Å². The number of anilines is 1. The van der Waals surface area contributed by atoms with Crippen LogP contribution in [-0.2, 0) is 24.8 Å². The minimum atomic E-state index is -3.76. The molecule has 0 radical (unpaired) electrons. The molecule has 0 atom stereocenters. The Kier molecular flexibility index (Phi) is 7.26. The van der Waals surface area contributed by atoms with E-state index in [1.54, 1.807) is 19.1 Å². The monoisotopic (exact) mass is 463 g/mol. The topological polar surface area (TPSA) is 104 Å². The second-order valence-corrected chi connectivity index (χ2v) is 10.7. The number of benzene rings is 2. The summed E-state index contributed by atoms with van der Waals surface area (Å²) >= 11 is 0. The summed E-state index contributed by atoms with van der Waals surface area (Å²) in [6.45, 7) is 2.01. The number of sulfonamides is 2. The van der Waals surface area contributed by atoms with Gasteiger partial charge in [0.15, 0.2) is 0 Å². The highest BCUT2D eigenvalue weighted by Crippen LogP contribution is 2.21. The van der Waals surface area contributed by atoms with Crippen molar-refractivity contribution in [1.82, 2.24) is 8.61 Å². The largest absolute Gasteiger partial charge is 0.326 e. The first-order chi connectivity index (χ1) is 14.7. The molecule has 0 aromatic heterocycles. The Morgan fingerprint density at radius 2 is 1.48 bits per heavy atom. The number of carbonyl (C=O) groups is 1. The number of rotatable bonds is 7. The lowest BCUT2D eigenvalue weighted by atomic mass is 10.2. The third kappa shape index (κ3) is 5.79. The molecule has 1 fully saturated rings. The first kappa shape index (κ1) is 23.1. The van der Waals surface area contributed by atoms with Gasteiger partial charge in [0.1, 0.15) is 0 Å². The number of amides is 1. The van der Waals surface area contributed by atoms with Crippen molar-refractivity contribution in [2.75, 3.05) is 31.5 Å². The smallest absolute Gasteiger partial charge is 0.243 e. The molecule has 2 aromatic rings. The van der Waals surface area contributed by atoms with Gasteiger partial charge in [0.25, 0.3) is 0 Å². The van der Waals surface area contributed by atoms with Crippen molar-refractivity contribution < 1.29 is 21.6 Å². The third-order valence-corrected chi connectivity index (χ3v) is 8.36. The summed E-state index contributed by atoms with van der Waals surface area (Å²) in [6.07, 6.45) is 1.85. The van der Waals surface area contributed by atoms with Gasteiger partial charge in [-0.3, -0.25) is 4.79 Å². The van der Waals surface area contributed by atoms with E-state index in [2.05, 4.69) is 5.32 Å². The van der Waals surface area contributed by atoms with Crippen LogP contribution in [0.1, 0.15) is 18.9 Å². The van der Waals surface area contributed by atoms with E-state index < -0.39 is 20.0 Å². The molecular weight excluding hydrogens is 438 g/mol. The lowest BCUT2D eigenvalue weighted by Crippen LogP contribution is -2.49. The van der Waals surface area contributed by atoms with E-state index in [4.69, 9.17) is 0 Å². The van der Waals surface area contributed by atoms with E-state index in [0.29, 0.717) is 12.1 Å². The zero-order valence-corrected chi connectivity index (χ0v) is 18.8. The van der Waals surface area contributed by atoms with Crippen LogP contribution in [0.5, 0.6) is 0 Å². The average molecular weight is 464 g/mol. The van der Waals surface area contributed by atoms with Gasteiger partial charge in [-0.25, -0.2) is 16.8 Å². The predicted octanol–water partition coefficient (Wildman–Crippen LogP) is 2.34. The SMILES string of the molecule is CCC(=O)Nc1ccc(S(=O)(=O)N2CCN(S(=O)(=O)/C=C/c3ccccc3)CC2)cc1. The van der Waals surface area contributed by atoms with E-state index >= 15 is 0 Å². The number of piperazine rings is 1. The summed E-state index contributed by atoms with van der Waals surface area (Å²) in [5.74, 6) is -0.158. The summed E-state index contributed by atoms with van der Waals surface area (Å²) in [7, 11) is -7.40. The van der Waals surface area contributed by atoms with Crippen molar-refractivity contribution >= 4 is 37.7 Å². The molecule has 10 heteroatoms. The highest BCUT2D eigenvalue weighted by molar-refractivity contribution is 7.92. The van der Waals surface area contributed by atoms with Gasteiger partial charge in [-0.05, 0) is 35.9 Å². The molecule has 8 nitrogen and oxygen atoms in total. The third-order valence-electron chi connectivity index (χ3n) is 4.89. The molecule has 1 aliphatic heterocycles. The lowest BCUT2D eigenvalue weighted by Gasteiger charge is -2.32. The summed E-state index contributed by atoms with van der Waals surface area (Å²) in [6, 6.07) is 15.0. The molecular formula is C21H25N3O5S2. The van der Waals surface area contributed by atoms with Gasteiger partial charge in [-0.2, -0.15) is 8.61 Å². The van der Waals surface area contributed by atoms with Gasteiger partial charge in [-0.15, -0.1) is 0 Å². The van der Waals surface area contributed by atoms with E-state index in [-0.39, 0.29) is 37.0 Å². The van der Waals surface area contributed by atoms with Crippen molar-refractivity contribution in [2.24, 2.45) is 0 Å². The molecule has 0 bridgehead atoms. The zero-order valence-electron chi connectivity index (χ0n) is 17.1. The molecule has 0 aliphatic carbocycles. The van der Waals surface area contributed by atoms with Gasteiger partial charge in [0, 0.05) is 43.7 Å². The molecule has 1 heterocycles. The quantitative estimate of drug-likeness (QED) is 0.679. The Morgan fingerprint density at radius 1 is 0.903 bits per heavy atom. The number of hydrogen-bond acceptors (Lipinski definition) is 5. The van der Waals surface area contributed by atoms with Crippen LogP contribution in [0.3, 0.4) is 0 Å². The van der Waals surface area contributed by atoms with Gasteiger partial charge < -0.3 is 5.32 Å². The standard InChI is InChI=1S/C21H25N3O5S2/c1-2-21(25)22-19-8-10-20(11-9-19)31(28,29)24-15-13-23(14-16-24)30(26,27)17-12-18-6-4-3-5-7-18/h3-12,17H,2,13-16H2,1H3,(H,22,25)/b17-12+. The minimum absolute atomic E-state index is 0.0645. The number of carbonyl (C=O) groups excluding carboxylic acids is 1. The molecule has 0 spiro atoms. The number of nitrogens with zero attached hydrogens (tertiary/aromatic N) is 2. The van der Waals surface area contributed by atoms with Crippen LogP contribution in [0.15, 0.2) is 64.9 Å². The molecule has 1 amide bonds. The number of nitrogens with one attached hydrogen (secondary N) is 1. The fraction of sp³-hybridized carbons (Fsp3) is 0.286. The van der Waals surface area contributed by atoms with Crippen molar-refractivity contribution in [3.8, 4) is 0 Å². The van der Waals surface area contributed by atoms with Gasteiger partial charge >= 0.3 is 0 Å².